The van der Waals surface area contributed by atoms with Gasteiger partial charge in [-0.1, -0.05) is 18.0 Å². The average molecular weight is 305 g/mol. The van der Waals surface area contributed by atoms with Crippen molar-refractivity contribution in [2.75, 3.05) is 13.1 Å². The Labute approximate surface area is 130 Å². The second-order valence-electron chi connectivity index (χ2n) is 6.22. The van der Waals surface area contributed by atoms with Crippen LogP contribution in [0.5, 0.6) is 0 Å². The van der Waals surface area contributed by atoms with Gasteiger partial charge < -0.3 is 9.72 Å². The number of halogens is 1. The minimum absolute atomic E-state index is 0.624. The van der Waals surface area contributed by atoms with Crippen LogP contribution in [0.4, 0.5) is 0 Å². The van der Waals surface area contributed by atoms with E-state index in [2.05, 4.69) is 21.4 Å². The molecule has 0 aromatic carbocycles. The molecular formula is C16H21ClN4. The minimum atomic E-state index is 0.624. The molecule has 2 atom stereocenters. The molecule has 2 fully saturated rings. The van der Waals surface area contributed by atoms with Gasteiger partial charge in [-0.2, -0.15) is 0 Å². The van der Waals surface area contributed by atoms with Crippen LogP contribution in [0.2, 0.25) is 5.02 Å². The van der Waals surface area contributed by atoms with Crippen molar-refractivity contribution in [2.45, 2.75) is 44.3 Å². The van der Waals surface area contributed by atoms with Crippen molar-refractivity contribution >= 4 is 17.2 Å². The first-order chi connectivity index (χ1) is 10.3. The monoisotopic (exact) mass is 304 g/mol. The molecule has 2 aliphatic heterocycles. The summed E-state index contributed by atoms with van der Waals surface area (Å²) in [6.07, 6.45) is 9.35. The lowest BCUT2D eigenvalue weighted by molar-refractivity contribution is 0.180. The van der Waals surface area contributed by atoms with Crippen LogP contribution in [-0.2, 0) is 6.54 Å². The fourth-order valence-electron chi connectivity index (χ4n) is 3.82. The molecule has 4 rings (SSSR count). The molecule has 2 saturated heterocycles. The summed E-state index contributed by atoms with van der Waals surface area (Å²) in [5.74, 6) is 0. The van der Waals surface area contributed by atoms with Crippen LogP contribution in [0.1, 0.15) is 31.4 Å². The zero-order valence-electron chi connectivity index (χ0n) is 12.1. The Balaban J connectivity index is 1.43. The Morgan fingerprint density at radius 1 is 1.19 bits per heavy atom. The number of hydrogen-bond donors (Lipinski definition) is 1. The fourth-order valence-corrected chi connectivity index (χ4v) is 3.99. The van der Waals surface area contributed by atoms with Crippen molar-refractivity contribution in [1.82, 2.24) is 19.6 Å². The van der Waals surface area contributed by atoms with E-state index in [4.69, 9.17) is 11.6 Å². The molecule has 112 valence electrons. The van der Waals surface area contributed by atoms with E-state index < -0.39 is 0 Å². The van der Waals surface area contributed by atoms with Gasteiger partial charge in [-0.15, -0.1) is 0 Å². The van der Waals surface area contributed by atoms with Crippen molar-refractivity contribution in [2.24, 2.45) is 0 Å². The lowest BCUT2D eigenvalue weighted by atomic mass is 9.99. The zero-order chi connectivity index (χ0) is 14.2. The summed E-state index contributed by atoms with van der Waals surface area (Å²) < 4.78 is 2.00. The molecule has 0 aliphatic carbocycles. The second-order valence-corrected chi connectivity index (χ2v) is 6.66. The summed E-state index contributed by atoms with van der Waals surface area (Å²) in [6.45, 7) is 3.38. The van der Waals surface area contributed by atoms with E-state index in [1.807, 2.05) is 22.7 Å². The molecule has 5 heteroatoms. The van der Waals surface area contributed by atoms with Gasteiger partial charge in [0.15, 0.2) is 0 Å². The van der Waals surface area contributed by atoms with Crippen molar-refractivity contribution in [3.63, 3.8) is 0 Å². The molecule has 2 unspecified atom stereocenters. The van der Waals surface area contributed by atoms with Crippen molar-refractivity contribution < 1.29 is 0 Å². The number of imidazole rings is 1. The molecule has 0 spiro atoms. The molecule has 4 heterocycles. The lowest BCUT2D eigenvalue weighted by Gasteiger charge is -2.32. The van der Waals surface area contributed by atoms with Crippen LogP contribution >= 0.6 is 11.6 Å². The maximum Gasteiger partial charge on any atom is 0.137 e. The Morgan fingerprint density at radius 3 is 3.10 bits per heavy atom. The fraction of sp³-hybridized carbons (Fsp3) is 0.562. The van der Waals surface area contributed by atoms with Crippen LogP contribution in [0, 0.1) is 0 Å². The molecule has 2 aliphatic rings. The van der Waals surface area contributed by atoms with Crippen molar-refractivity contribution in [3.8, 4) is 0 Å². The van der Waals surface area contributed by atoms with Crippen LogP contribution in [0.3, 0.4) is 0 Å². The molecule has 4 nitrogen and oxygen atoms in total. The summed E-state index contributed by atoms with van der Waals surface area (Å²) >= 11 is 6.02. The normalized spacial score (nSPS) is 26.3. The van der Waals surface area contributed by atoms with E-state index in [0.717, 1.165) is 29.0 Å². The van der Waals surface area contributed by atoms with E-state index in [9.17, 15) is 0 Å². The van der Waals surface area contributed by atoms with Gasteiger partial charge in [0, 0.05) is 37.6 Å². The Morgan fingerprint density at radius 2 is 2.14 bits per heavy atom. The molecule has 0 amide bonds. The Bertz CT molecular complexity index is 638. The Kier molecular flexibility index (Phi) is 3.61. The number of fused-ring (bicyclic) bond motifs is 2. The van der Waals surface area contributed by atoms with Crippen LogP contribution in [0.15, 0.2) is 24.5 Å². The number of piperidine rings is 1. The molecular weight excluding hydrogens is 284 g/mol. The van der Waals surface area contributed by atoms with Crippen molar-refractivity contribution in [3.05, 3.63) is 35.2 Å². The Hall–Kier alpha value is -1.10. The van der Waals surface area contributed by atoms with E-state index in [0.29, 0.717) is 6.04 Å². The SMILES string of the molecule is Clc1ccc2nc(CNC3CCN4CCCCC34)cn2c1. The van der Waals surface area contributed by atoms with Gasteiger partial charge in [-0.3, -0.25) is 4.90 Å². The van der Waals surface area contributed by atoms with Crippen molar-refractivity contribution in [1.29, 1.82) is 0 Å². The predicted octanol–water partition coefficient (Wildman–Crippen LogP) is 2.70. The minimum Gasteiger partial charge on any atom is -0.307 e. The standard InChI is InChI=1S/C16H21ClN4/c17-12-4-5-16-19-13(11-21(16)10-12)9-18-14-6-8-20-7-2-1-3-15(14)20/h4-5,10-11,14-15,18H,1-3,6-9H2. The van der Waals surface area contributed by atoms with E-state index in [1.165, 1.54) is 38.8 Å². The quantitative estimate of drug-likeness (QED) is 0.946. The van der Waals surface area contributed by atoms with E-state index in [1.54, 1.807) is 0 Å². The molecule has 0 bridgehead atoms. The molecule has 2 aromatic heterocycles. The van der Waals surface area contributed by atoms with Crippen LogP contribution in [-0.4, -0.2) is 39.5 Å². The van der Waals surface area contributed by atoms with Gasteiger partial charge in [-0.25, -0.2) is 4.98 Å². The topological polar surface area (TPSA) is 32.6 Å². The number of aromatic nitrogens is 2. The third kappa shape index (κ3) is 2.68. The van der Waals surface area contributed by atoms with Gasteiger partial charge in [0.05, 0.1) is 10.7 Å². The highest BCUT2D eigenvalue weighted by Crippen LogP contribution is 2.27. The van der Waals surface area contributed by atoms with E-state index in [-0.39, 0.29) is 0 Å². The summed E-state index contributed by atoms with van der Waals surface area (Å²) in [4.78, 5) is 7.30. The molecule has 1 N–H and O–H groups in total. The van der Waals surface area contributed by atoms with Gasteiger partial charge in [0.2, 0.25) is 0 Å². The maximum atomic E-state index is 6.02. The summed E-state index contributed by atoms with van der Waals surface area (Å²) in [5, 5.41) is 4.47. The molecule has 2 aromatic rings. The van der Waals surface area contributed by atoms with Gasteiger partial charge >= 0.3 is 0 Å². The first kappa shape index (κ1) is 13.6. The number of pyridine rings is 1. The molecule has 0 radical (unpaired) electrons. The average Bonchev–Trinajstić information content (AvgIpc) is 3.08. The van der Waals surface area contributed by atoms with Gasteiger partial charge in [0.1, 0.15) is 5.65 Å². The first-order valence-corrected chi connectivity index (χ1v) is 8.28. The summed E-state index contributed by atoms with van der Waals surface area (Å²) in [7, 11) is 0. The van der Waals surface area contributed by atoms with Gasteiger partial charge in [-0.05, 0) is 37.9 Å². The maximum absolute atomic E-state index is 6.02. The van der Waals surface area contributed by atoms with Gasteiger partial charge in [0.25, 0.3) is 0 Å². The highest BCUT2D eigenvalue weighted by Gasteiger charge is 2.34. The second kappa shape index (κ2) is 5.59. The summed E-state index contributed by atoms with van der Waals surface area (Å²) in [5.41, 5.74) is 2.05. The molecule has 0 saturated carbocycles. The number of rotatable bonds is 3. The number of nitrogens with one attached hydrogen (secondary N) is 1. The third-order valence-corrected chi connectivity index (χ3v) is 5.09. The first-order valence-electron chi connectivity index (χ1n) is 7.90. The lowest BCUT2D eigenvalue weighted by Crippen LogP contribution is -2.44. The third-order valence-electron chi connectivity index (χ3n) is 4.87. The highest BCUT2D eigenvalue weighted by molar-refractivity contribution is 6.30. The largest absolute Gasteiger partial charge is 0.307 e. The smallest absolute Gasteiger partial charge is 0.137 e. The van der Waals surface area contributed by atoms with E-state index >= 15 is 0 Å². The van der Waals surface area contributed by atoms with Crippen LogP contribution in [0.25, 0.3) is 5.65 Å². The van der Waals surface area contributed by atoms with Crippen LogP contribution < -0.4 is 5.32 Å². The predicted molar refractivity (Wildman–Crippen MR) is 84.7 cm³/mol. The number of nitrogens with zero attached hydrogens (tertiary/aromatic N) is 3. The number of hydrogen-bond acceptors (Lipinski definition) is 3. The highest BCUT2D eigenvalue weighted by atomic mass is 35.5. The molecule has 21 heavy (non-hydrogen) atoms. The summed E-state index contributed by atoms with van der Waals surface area (Å²) in [6, 6.07) is 5.21. The zero-order valence-corrected chi connectivity index (χ0v) is 12.9.